The predicted octanol–water partition coefficient (Wildman–Crippen LogP) is 2.81. The molecule has 1 heterocycles. The van der Waals surface area contributed by atoms with E-state index in [2.05, 4.69) is 17.4 Å². The van der Waals surface area contributed by atoms with Crippen LogP contribution in [0.25, 0.3) is 0 Å². The van der Waals surface area contributed by atoms with Gasteiger partial charge in [-0.3, -0.25) is 0 Å². The largest absolute Gasteiger partial charge is 0.372 e. The van der Waals surface area contributed by atoms with Crippen LogP contribution in [0.2, 0.25) is 0 Å². The summed E-state index contributed by atoms with van der Waals surface area (Å²) in [7, 11) is 0. The van der Waals surface area contributed by atoms with Gasteiger partial charge in [-0.05, 0) is 45.6 Å². The number of ether oxygens (including phenoxy) is 1. The fourth-order valence-corrected chi connectivity index (χ4v) is 2.47. The van der Waals surface area contributed by atoms with Gasteiger partial charge < -0.3 is 14.6 Å². The Labute approximate surface area is 109 Å². The lowest BCUT2D eigenvalue weighted by atomic mass is 9.93. The Hall–Kier alpha value is -0.870. The van der Waals surface area contributed by atoms with Crippen LogP contribution in [0.3, 0.4) is 0 Å². The second-order valence-electron chi connectivity index (χ2n) is 5.17. The van der Waals surface area contributed by atoms with E-state index in [4.69, 9.17) is 9.26 Å². The normalized spacial score (nSPS) is 24.3. The summed E-state index contributed by atoms with van der Waals surface area (Å²) < 4.78 is 10.9. The van der Waals surface area contributed by atoms with Gasteiger partial charge in [0.15, 0.2) is 0 Å². The minimum atomic E-state index is 0.390. The third-order valence-electron chi connectivity index (χ3n) is 3.50. The smallest absolute Gasteiger partial charge is 0.134 e. The average molecular weight is 252 g/mol. The van der Waals surface area contributed by atoms with Crippen molar-refractivity contribution >= 4 is 0 Å². The van der Waals surface area contributed by atoms with Gasteiger partial charge in [0.05, 0.1) is 12.7 Å². The van der Waals surface area contributed by atoms with Crippen molar-refractivity contribution in [3.05, 3.63) is 17.5 Å². The Morgan fingerprint density at radius 3 is 2.78 bits per heavy atom. The molecule has 4 nitrogen and oxygen atoms in total. The Morgan fingerprint density at radius 2 is 2.17 bits per heavy atom. The fraction of sp³-hybridized carbons (Fsp3) is 0.786. The quantitative estimate of drug-likeness (QED) is 0.845. The molecule has 0 saturated heterocycles. The van der Waals surface area contributed by atoms with E-state index in [0.717, 1.165) is 30.8 Å². The SMILES string of the molecule is CCCNC1CCC(OCc2cc(C)on2)CC1. The predicted molar refractivity (Wildman–Crippen MR) is 70.4 cm³/mol. The van der Waals surface area contributed by atoms with Crippen LogP contribution in [0.1, 0.15) is 50.5 Å². The number of nitrogens with zero attached hydrogens (tertiary/aromatic N) is 1. The van der Waals surface area contributed by atoms with E-state index < -0.39 is 0 Å². The number of nitrogens with one attached hydrogen (secondary N) is 1. The molecule has 0 spiro atoms. The molecule has 0 bridgehead atoms. The van der Waals surface area contributed by atoms with Gasteiger partial charge in [-0.25, -0.2) is 0 Å². The first kappa shape index (κ1) is 13.6. The van der Waals surface area contributed by atoms with E-state index in [1.165, 1.54) is 19.3 Å². The standard InChI is InChI=1S/C14H24N2O2/c1-3-8-15-12-4-6-14(7-5-12)17-10-13-9-11(2)18-16-13/h9,12,14-15H,3-8,10H2,1-2H3. The number of aromatic nitrogens is 1. The van der Waals surface area contributed by atoms with Crippen molar-refractivity contribution in [2.24, 2.45) is 0 Å². The van der Waals surface area contributed by atoms with E-state index in [-0.39, 0.29) is 0 Å². The number of hydrogen-bond acceptors (Lipinski definition) is 4. The van der Waals surface area contributed by atoms with Crippen molar-refractivity contribution < 1.29 is 9.26 Å². The van der Waals surface area contributed by atoms with E-state index >= 15 is 0 Å². The second kappa shape index (κ2) is 6.90. The minimum absolute atomic E-state index is 0.390. The van der Waals surface area contributed by atoms with Gasteiger partial charge in [-0.15, -0.1) is 0 Å². The highest BCUT2D eigenvalue weighted by atomic mass is 16.5. The van der Waals surface area contributed by atoms with Gasteiger partial charge in [0.2, 0.25) is 0 Å². The lowest BCUT2D eigenvalue weighted by molar-refractivity contribution is 0.00883. The third kappa shape index (κ3) is 4.10. The van der Waals surface area contributed by atoms with Gasteiger partial charge in [-0.1, -0.05) is 12.1 Å². The van der Waals surface area contributed by atoms with Crippen molar-refractivity contribution in [2.45, 2.75) is 64.7 Å². The summed E-state index contributed by atoms with van der Waals surface area (Å²) in [6, 6.07) is 2.63. The third-order valence-corrected chi connectivity index (χ3v) is 3.50. The Balaban J connectivity index is 1.64. The van der Waals surface area contributed by atoms with Crippen LogP contribution in [-0.2, 0) is 11.3 Å². The molecule has 1 fully saturated rings. The summed E-state index contributed by atoms with van der Waals surface area (Å²) in [5, 5.41) is 7.53. The molecule has 1 aliphatic carbocycles. The van der Waals surface area contributed by atoms with Crippen LogP contribution < -0.4 is 5.32 Å². The summed E-state index contributed by atoms with van der Waals surface area (Å²) in [6.07, 6.45) is 6.35. The van der Waals surface area contributed by atoms with Gasteiger partial charge in [-0.2, -0.15) is 0 Å². The maximum atomic E-state index is 5.88. The molecule has 4 heteroatoms. The second-order valence-corrected chi connectivity index (χ2v) is 5.17. The lowest BCUT2D eigenvalue weighted by Crippen LogP contribution is -2.35. The number of rotatable bonds is 6. The summed E-state index contributed by atoms with van der Waals surface area (Å²) >= 11 is 0. The number of aryl methyl sites for hydroxylation is 1. The molecule has 18 heavy (non-hydrogen) atoms. The fourth-order valence-electron chi connectivity index (χ4n) is 2.47. The van der Waals surface area contributed by atoms with Crippen LogP contribution in [-0.4, -0.2) is 23.8 Å². The van der Waals surface area contributed by atoms with Crippen LogP contribution in [0.15, 0.2) is 10.6 Å². The highest BCUT2D eigenvalue weighted by Crippen LogP contribution is 2.22. The number of hydrogen-bond donors (Lipinski definition) is 1. The molecule has 0 aliphatic heterocycles. The van der Waals surface area contributed by atoms with Gasteiger partial charge in [0.1, 0.15) is 11.5 Å². The van der Waals surface area contributed by atoms with E-state index in [1.54, 1.807) is 0 Å². The lowest BCUT2D eigenvalue weighted by Gasteiger charge is -2.29. The maximum Gasteiger partial charge on any atom is 0.134 e. The summed E-state index contributed by atoms with van der Waals surface area (Å²) in [5.74, 6) is 0.848. The molecule has 0 unspecified atom stereocenters. The molecule has 1 aromatic heterocycles. The Bertz CT molecular complexity index is 343. The van der Waals surface area contributed by atoms with Gasteiger partial charge in [0.25, 0.3) is 0 Å². The van der Waals surface area contributed by atoms with E-state index in [9.17, 15) is 0 Å². The maximum absolute atomic E-state index is 5.88. The van der Waals surface area contributed by atoms with Crippen LogP contribution in [0, 0.1) is 6.92 Å². The van der Waals surface area contributed by atoms with Crippen molar-refractivity contribution in [1.82, 2.24) is 10.5 Å². The Morgan fingerprint density at radius 1 is 1.39 bits per heavy atom. The first-order valence-electron chi connectivity index (χ1n) is 7.05. The summed E-state index contributed by atoms with van der Waals surface area (Å²) in [6.45, 7) is 5.83. The topological polar surface area (TPSA) is 47.3 Å². The first-order chi connectivity index (χ1) is 8.78. The zero-order valence-electron chi connectivity index (χ0n) is 11.4. The van der Waals surface area contributed by atoms with Gasteiger partial charge >= 0.3 is 0 Å². The molecule has 2 rings (SSSR count). The molecular weight excluding hydrogens is 228 g/mol. The van der Waals surface area contributed by atoms with Crippen molar-refractivity contribution in [2.75, 3.05) is 6.54 Å². The molecular formula is C14H24N2O2. The van der Waals surface area contributed by atoms with Crippen LogP contribution in [0.5, 0.6) is 0 Å². The zero-order valence-corrected chi connectivity index (χ0v) is 11.4. The zero-order chi connectivity index (χ0) is 12.8. The Kier molecular flexibility index (Phi) is 5.20. The summed E-state index contributed by atoms with van der Waals surface area (Å²) in [5.41, 5.74) is 0.902. The molecule has 1 aliphatic rings. The molecule has 0 radical (unpaired) electrons. The first-order valence-corrected chi connectivity index (χ1v) is 7.05. The average Bonchev–Trinajstić information content (AvgIpc) is 2.81. The van der Waals surface area contributed by atoms with Crippen molar-refractivity contribution in [1.29, 1.82) is 0 Å². The van der Waals surface area contributed by atoms with Crippen molar-refractivity contribution in [3.63, 3.8) is 0 Å². The molecule has 0 aromatic carbocycles. The van der Waals surface area contributed by atoms with Crippen LogP contribution >= 0.6 is 0 Å². The molecule has 1 saturated carbocycles. The van der Waals surface area contributed by atoms with Gasteiger partial charge in [0, 0.05) is 12.1 Å². The van der Waals surface area contributed by atoms with Crippen molar-refractivity contribution in [3.8, 4) is 0 Å². The van der Waals surface area contributed by atoms with E-state index in [0.29, 0.717) is 18.8 Å². The van der Waals surface area contributed by atoms with Crippen LogP contribution in [0.4, 0.5) is 0 Å². The minimum Gasteiger partial charge on any atom is -0.372 e. The monoisotopic (exact) mass is 252 g/mol. The molecule has 102 valence electrons. The highest BCUT2D eigenvalue weighted by molar-refractivity contribution is 5.01. The highest BCUT2D eigenvalue weighted by Gasteiger charge is 2.21. The molecule has 0 atom stereocenters. The molecule has 1 aromatic rings. The summed E-state index contributed by atoms with van der Waals surface area (Å²) in [4.78, 5) is 0. The molecule has 1 N–H and O–H groups in total. The molecule has 0 amide bonds. The van der Waals surface area contributed by atoms with E-state index in [1.807, 2.05) is 13.0 Å².